The number of thiophene rings is 1. The zero-order valence-corrected chi connectivity index (χ0v) is 13.0. The molecule has 0 saturated heterocycles. The van der Waals surface area contributed by atoms with Gasteiger partial charge in [0.15, 0.2) is 0 Å². The van der Waals surface area contributed by atoms with E-state index in [1.165, 1.54) is 21.1 Å². The first kappa shape index (κ1) is 14.3. The fourth-order valence-electron chi connectivity index (χ4n) is 2.26. The molecule has 0 spiro atoms. The van der Waals surface area contributed by atoms with E-state index in [2.05, 4.69) is 42.5 Å². The molecule has 2 aromatic heterocycles. The maximum atomic E-state index is 4.52. The Hall–Kier alpha value is -1.13. The topological polar surface area (TPSA) is 29.9 Å². The normalized spacial score (nSPS) is 12.8. The number of rotatable bonds is 6. The van der Waals surface area contributed by atoms with E-state index in [1.807, 2.05) is 30.1 Å². The molecule has 0 aliphatic carbocycles. The summed E-state index contributed by atoms with van der Waals surface area (Å²) in [5.41, 5.74) is 2.47. The van der Waals surface area contributed by atoms with Crippen LogP contribution in [0.2, 0.25) is 0 Å². The molecule has 0 fully saturated rings. The largest absolute Gasteiger partial charge is 0.312 e. The molecule has 0 amide bonds. The molecular formula is C15H23N3S. The van der Waals surface area contributed by atoms with Crippen LogP contribution in [0.3, 0.4) is 0 Å². The van der Waals surface area contributed by atoms with E-state index in [9.17, 15) is 0 Å². The standard InChI is InChI=1S/C15H23N3S/c1-5-11-9-12(18(4)17-11)10-14(16-3)15-8-7-13(6-2)19-15/h7-9,14,16H,5-6,10H2,1-4H3. The lowest BCUT2D eigenvalue weighted by molar-refractivity contribution is 0.569. The molecule has 2 heterocycles. The minimum atomic E-state index is 0.380. The van der Waals surface area contributed by atoms with Gasteiger partial charge < -0.3 is 5.32 Å². The Bertz CT molecular complexity index is 527. The van der Waals surface area contributed by atoms with Gasteiger partial charge in [-0.2, -0.15) is 5.10 Å². The Labute approximate surface area is 119 Å². The van der Waals surface area contributed by atoms with Gasteiger partial charge in [0.2, 0.25) is 0 Å². The van der Waals surface area contributed by atoms with Crippen molar-refractivity contribution in [2.24, 2.45) is 7.05 Å². The van der Waals surface area contributed by atoms with Crippen LogP contribution in [0.25, 0.3) is 0 Å². The molecule has 0 bridgehead atoms. The average molecular weight is 277 g/mol. The molecule has 0 radical (unpaired) electrons. The molecule has 1 atom stereocenters. The first-order chi connectivity index (χ1) is 9.17. The van der Waals surface area contributed by atoms with Gasteiger partial charge in [-0.25, -0.2) is 0 Å². The summed E-state index contributed by atoms with van der Waals surface area (Å²) in [5, 5.41) is 7.95. The van der Waals surface area contributed by atoms with E-state index in [0.29, 0.717) is 6.04 Å². The van der Waals surface area contributed by atoms with E-state index >= 15 is 0 Å². The molecule has 0 aliphatic heterocycles. The van der Waals surface area contributed by atoms with Gasteiger partial charge in [-0.3, -0.25) is 4.68 Å². The van der Waals surface area contributed by atoms with E-state index in [0.717, 1.165) is 19.3 Å². The Balaban J connectivity index is 2.16. The Morgan fingerprint density at radius 3 is 2.63 bits per heavy atom. The number of aromatic nitrogens is 2. The lowest BCUT2D eigenvalue weighted by atomic mass is 10.1. The van der Waals surface area contributed by atoms with E-state index in [1.54, 1.807) is 0 Å². The van der Waals surface area contributed by atoms with Gasteiger partial charge in [-0.05, 0) is 38.1 Å². The Kier molecular flexibility index (Phi) is 4.77. The van der Waals surface area contributed by atoms with Crippen molar-refractivity contribution in [3.8, 4) is 0 Å². The maximum absolute atomic E-state index is 4.52. The summed E-state index contributed by atoms with van der Waals surface area (Å²) in [6.07, 6.45) is 3.10. The van der Waals surface area contributed by atoms with Crippen LogP contribution in [0.15, 0.2) is 18.2 Å². The number of aryl methyl sites for hydroxylation is 3. The highest BCUT2D eigenvalue weighted by atomic mass is 32.1. The van der Waals surface area contributed by atoms with Gasteiger partial charge >= 0.3 is 0 Å². The van der Waals surface area contributed by atoms with Crippen molar-refractivity contribution >= 4 is 11.3 Å². The molecule has 104 valence electrons. The molecule has 1 N–H and O–H groups in total. The number of nitrogens with one attached hydrogen (secondary N) is 1. The smallest absolute Gasteiger partial charge is 0.0624 e. The van der Waals surface area contributed by atoms with Crippen molar-refractivity contribution in [2.45, 2.75) is 39.2 Å². The number of hydrogen-bond acceptors (Lipinski definition) is 3. The second-order valence-electron chi connectivity index (χ2n) is 4.81. The lowest BCUT2D eigenvalue weighted by Gasteiger charge is -2.14. The van der Waals surface area contributed by atoms with Gasteiger partial charge in [0, 0.05) is 35.0 Å². The molecular weight excluding hydrogens is 254 g/mol. The second kappa shape index (κ2) is 6.35. The molecule has 4 heteroatoms. The van der Waals surface area contributed by atoms with Gasteiger partial charge in [0.05, 0.1) is 5.69 Å². The first-order valence-corrected chi connectivity index (χ1v) is 7.77. The number of nitrogens with zero attached hydrogens (tertiary/aromatic N) is 2. The lowest BCUT2D eigenvalue weighted by Crippen LogP contribution is -2.19. The second-order valence-corrected chi connectivity index (χ2v) is 6.01. The van der Waals surface area contributed by atoms with E-state index in [-0.39, 0.29) is 0 Å². The van der Waals surface area contributed by atoms with Crippen LogP contribution in [0.4, 0.5) is 0 Å². The summed E-state index contributed by atoms with van der Waals surface area (Å²) in [5.74, 6) is 0. The molecule has 1 unspecified atom stereocenters. The van der Waals surface area contributed by atoms with Crippen LogP contribution in [0.5, 0.6) is 0 Å². The predicted molar refractivity (Wildman–Crippen MR) is 81.8 cm³/mol. The molecule has 0 aromatic carbocycles. The molecule has 0 aliphatic rings. The third-order valence-electron chi connectivity index (χ3n) is 3.53. The van der Waals surface area contributed by atoms with Crippen molar-refractivity contribution < 1.29 is 0 Å². The highest BCUT2D eigenvalue weighted by Crippen LogP contribution is 2.26. The fourth-order valence-corrected chi connectivity index (χ4v) is 3.32. The van der Waals surface area contributed by atoms with Crippen LogP contribution in [0, 0.1) is 0 Å². The number of hydrogen-bond donors (Lipinski definition) is 1. The van der Waals surface area contributed by atoms with Crippen molar-refractivity contribution in [3.05, 3.63) is 39.3 Å². The van der Waals surface area contributed by atoms with Gasteiger partial charge in [-0.1, -0.05) is 13.8 Å². The summed E-state index contributed by atoms with van der Waals surface area (Å²) in [4.78, 5) is 2.87. The quantitative estimate of drug-likeness (QED) is 0.879. The first-order valence-electron chi connectivity index (χ1n) is 6.95. The maximum Gasteiger partial charge on any atom is 0.0624 e. The summed E-state index contributed by atoms with van der Waals surface area (Å²) in [6, 6.07) is 7.09. The van der Waals surface area contributed by atoms with Gasteiger partial charge in [-0.15, -0.1) is 11.3 Å². The van der Waals surface area contributed by atoms with E-state index < -0.39 is 0 Å². The molecule has 3 nitrogen and oxygen atoms in total. The fraction of sp³-hybridized carbons (Fsp3) is 0.533. The van der Waals surface area contributed by atoms with E-state index in [4.69, 9.17) is 0 Å². The Morgan fingerprint density at radius 1 is 1.32 bits per heavy atom. The van der Waals surface area contributed by atoms with Crippen molar-refractivity contribution in [3.63, 3.8) is 0 Å². The summed E-state index contributed by atoms with van der Waals surface area (Å²) >= 11 is 1.91. The summed E-state index contributed by atoms with van der Waals surface area (Å²) in [7, 11) is 4.07. The van der Waals surface area contributed by atoms with Gasteiger partial charge in [0.25, 0.3) is 0 Å². The zero-order valence-electron chi connectivity index (χ0n) is 12.2. The highest BCUT2D eigenvalue weighted by molar-refractivity contribution is 7.12. The minimum absolute atomic E-state index is 0.380. The monoisotopic (exact) mass is 277 g/mol. The molecule has 19 heavy (non-hydrogen) atoms. The molecule has 0 saturated carbocycles. The van der Waals surface area contributed by atoms with Crippen LogP contribution in [-0.4, -0.2) is 16.8 Å². The average Bonchev–Trinajstić information content (AvgIpc) is 3.02. The van der Waals surface area contributed by atoms with Crippen molar-refractivity contribution in [1.29, 1.82) is 0 Å². The zero-order chi connectivity index (χ0) is 13.8. The SMILES string of the molecule is CCc1cc(CC(NC)c2ccc(CC)s2)n(C)n1. The summed E-state index contributed by atoms with van der Waals surface area (Å²) < 4.78 is 2.01. The predicted octanol–water partition coefficient (Wildman–Crippen LogP) is 3.11. The van der Waals surface area contributed by atoms with Crippen molar-refractivity contribution in [1.82, 2.24) is 15.1 Å². The molecule has 2 aromatic rings. The van der Waals surface area contributed by atoms with Crippen LogP contribution >= 0.6 is 11.3 Å². The highest BCUT2D eigenvalue weighted by Gasteiger charge is 2.15. The molecule has 2 rings (SSSR count). The van der Waals surface area contributed by atoms with Crippen LogP contribution < -0.4 is 5.32 Å². The van der Waals surface area contributed by atoms with Crippen LogP contribution in [0.1, 0.15) is 41.0 Å². The minimum Gasteiger partial charge on any atom is -0.312 e. The summed E-state index contributed by atoms with van der Waals surface area (Å²) in [6.45, 7) is 4.35. The van der Waals surface area contributed by atoms with Crippen molar-refractivity contribution in [2.75, 3.05) is 7.05 Å². The Morgan fingerprint density at radius 2 is 2.11 bits per heavy atom. The van der Waals surface area contributed by atoms with Gasteiger partial charge in [0.1, 0.15) is 0 Å². The third kappa shape index (κ3) is 3.25. The third-order valence-corrected chi connectivity index (χ3v) is 4.87. The van der Waals surface area contributed by atoms with Crippen LogP contribution in [-0.2, 0) is 26.3 Å². The number of likely N-dealkylation sites (N-methyl/N-ethyl adjacent to an activating group) is 1.